The standard InChI is InChI=1S/C15H13F4NO/c1-14(20,10-4-2-6-12(16)8-10)11-5-3-7-13(9-11)21-15(17,18)19/h2-9H,20H2,1H3. The van der Waals surface area contributed by atoms with Crippen LogP contribution in [0.4, 0.5) is 17.6 Å². The van der Waals surface area contributed by atoms with Crippen LogP contribution in [0.2, 0.25) is 0 Å². The van der Waals surface area contributed by atoms with Gasteiger partial charge in [0.25, 0.3) is 0 Å². The number of nitrogens with two attached hydrogens (primary N) is 1. The highest BCUT2D eigenvalue weighted by atomic mass is 19.4. The average molecular weight is 299 g/mol. The van der Waals surface area contributed by atoms with Crippen LogP contribution >= 0.6 is 0 Å². The number of ether oxygens (including phenoxy) is 1. The minimum Gasteiger partial charge on any atom is -0.406 e. The first kappa shape index (κ1) is 15.3. The monoisotopic (exact) mass is 299 g/mol. The molecule has 2 aromatic rings. The second kappa shape index (κ2) is 5.37. The Hall–Kier alpha value is -2.08. The van der Waals surface area contributed by atoms with Gasteiger partial charge in [-0.25, -0.2) is 4.39 Å². The van der Waals surface area contributed by atoms with Gasteiger partial charge in [-0.15, -0.1) is 13.2 Å². The van der Waals surface area contributed by atoms with Gasteiger partial charge in [0.05, 0.1) is 5.54 Å². The Morgan fingerprint density at radius 1 is 0.952 bits per heavy atom. The fraction of sp³-hybridized carbons (Fsp3) is 0.200. The molecule has 0 bridgehead atoms. The summed E-state index contributed by atoms with van der Waals surface area (Å²) in [6.45, 7) is 1.59. The number of rotatable bonds is 3. The summed E-state index contributed by atoms with van der Waals surface area (Å²) in [5, 5.41) is 0. The second-order valence-corrected chi connectivity index (χ2v) is 4.79. The molecule has 0 aromatic heterocycles. The predicted octanol–water partition coefficient (Wildman–Crippen LogP) is 3.95. The molecule has 0 heterocycles. The first-order chi connectivity index (χ1) is 9.68. The van der Waals surface area contributed by atoms with Gasteiger partial charge in [0.2, 0.25) is 0 Å². The Bertz CT molecular complexity index is 638. The maximum Gasteiger partial charge on any atom is 0.573 e. The van der Waals surface area contributed by atoms with Crippen molar-refractivity contribution in [3.05, 3.63) is 65.5 Å². The zero-order valence-electron chi connectivity index (χ0n) is 11.1. The highest BCUT2D eigenvalue weighted by Crippen LogP contribution is 2.31. The van der Waals surface area contributed by atoms with Crippen molar-refractivity contribution in [3.63, 3.8) is 0 Å². The third kappa shape index (κ3) is 3.72. The Morgan fingerprint density at radius 3 is 2.10 bits per heavy atom. The summed E-state index contributed by atoms with van der Waals surface area (Å²) < 4.78 is 53.9. The molecule has 0 fully saturated rings. The fourth-order valence-electron chi connectivity index (χ4n) is 1.99. The summed E-state index contributed by atoms with van der Waals surface area (Å²) >= 11 is 0. The largest absolute Gasteiger partial charge is 0.573 e. The zero-order valence-corrected chi connectivity index (χ0v) is 11.1. The van der Waals surface area contributed by atoms with Gasteiger partial charge in [-0.2, -0.15) is 0 Å². The number of hydrogen-bond donors (Lipinski definition) is 1. The molecule has 112 valence electrons. The van der Waals surface area contributed by atoms with Gasteiger partial charge < -0.3 is 10.5 Å². The summed E-state index contributed by atoms with van der Waals surface area (Å²) in [7, 11) is 0. The van der Waals surface area contributed by atoms with Crippen molar-refractivity contribution in [3.8, 4) is 5.75 Å². The van der Waals surface area contributed by atoms with Gasteiger partial charge in [0.1, 0.15) is 11.6 Å². The number of hydrogen-bond acceptors (Lipinski definition) is 2. The van der Waals surface area contributed by atoms with E-state index in [1.165, 1.54) is 36.4 Å². The minimum absolute atomic E-state index is 0.368. The van der Waals surface area contributed by atoms with Crippen molar-refractivity contribution in [2.75, 3.05) is 0 Å². The summed E-state index contributed by atoms with van der Waals surface area (Å²) in [5.41, 5.74) is 5.85. The number of alkyl halides is 3. The van der Waals surface area contributed by atoms with Crippen molar-refractivity contribution in [1.82, 2.24) is 0 Å². The van der Waals surface area contributed by atoms with Crippen molar-refractivity contribution in [2.24, 2.45) is 5.73 Å². The van der Waals surface area contributed by atoms with Gasteiger partial charge in [-0.3, -0.25) is 0 Å². The molecule has 2 N–H and O–H groups in total. The Morgan fingerprint density at radius 2 is 1.52 bits per heavy atom. The third-order valence-corrected chi connectivity index (χ3v) is 3.09. The van der Waals surface area contributed by atoms with E-state index in [4.69, 9.17) is 5.73 Å². The van der Waals surface area contributed by atoms with Crippen LogP contribution in [0.3, 0.4) is 0 Å². The molecule has 2 nitrogen and oxygen atoms in total. The quantitative estimate of drug-likeness (QED) is 0.871. The van der Waals surface area contributed by atoms with E-state index in [-0.39, 0.29) is 5.75 Å². The molecule has 1 atom stereocenters. The van der Waals surface area contributed by atoms with E-state index in [2.05, 4.69) is 4.74 Å². The van der Waals surface area contributed by atoms with E-state index in [0.29, 0.717) is 11.1 Å². The third-order valence-electron chi connectivity index (χ3n) is 3.09. The molecule has 0 saturated heterocycles. The zero-order chi connectivity index (χ0) is 15.7. The average Bonchev–Trinajstić information content (AvgIpc) is 2.37. The van der Waals surface area contributed by atoms with Crippen molar-refractivity contribution in [1.29, 1.82) is 0 Å². The lowest BCUT2D eigenvalue weighted by Crippen LogP contribution is -2.34. The van der Waals surface area contributed by atoms with Crippen molar-refractivity contribution >= 4 is 0 Å². The van der Waals surface area contributed by atoms with Gasteiger partial charge >= 0.3 is 6.36 Å². The van der Waals surface area contributed by atoms with E-state index < -0.39 is 17.7 Å². The van der Waals surface area contributed by atoms with Gasteiger partial charge in [0, 0.05) is 0 Å². The first-order valence-corrected chi connectivity index (χ1v) is 6.10. The van der Waals surface area contributed by atoms with Crippen LogP contribution in [-0.2, 0) is 5.54 Å². The highest BCUT2D eigenvalue weighted by molar-refractivity contribution is 5.40. The SMILES string of the molecule is CC(N)(c1cccc(F)c1)c1cccc(OC(F)(F)F)c1. The molecule has 0 radical (unpaired) electrons. The van der Waals surface area contributed by atoms with Crippen molar-refractivity contribution < 1.29 is 22.3 Å². The van der Waals surface area contributed by atoms with Crippen LogP contribution in [-0.4, -0.2) is 6.36 Å². The molecule has 0 amide bonds. The summed E-state index contributed by atoms with van der Waals surface area (Å²) in [6, 6.07) is 11.0. The fourth-order valence-corrected chi connectivity index (χ4v) is 1.99. The maximum atomic E-state index is 13.3. The van der Waals surface area contributed by atoms with E-state index in [0.717, 1.165) is 0 Å². The van der Waals surface area contributed by atoms with E-state index in [1.807, 2.05) is 0 Å². The smallest absolute Gasteiger partial charge is 0.406 e. The van der Waals surface area contributed by atoms with Crippen LogP contribution in [0, 0.1) is 5.82 Å². The molecule has 0 aliphatic rings. The first-order valence-electron chi connectivity index (χ1n) is 6.10. The molecule has 0 aliphatic heterocycles. The van der Waals surface area contributed by atoms with Crippen LogP contribution < -0.4 is 10.5 Å². The van der Waals surface area contributed by atoms with Gasteiger partial charge in [0.15, 0.2) is 0 Å². The molecule has 2 aromatic carbocycles. The topological polar surface area (TPSA) is 35.2 Å². The lowest BCUT2D eigenvalue weighted by molar-refractivity contribution is -0.274. The van der Waals surface area contributed by atoms with Crippen LogP contribution in [0.1, 0.15) is 18.1 Å². The highest BCUT2D eigenvalue weighted by Gasteiger charge is 2.32. The molecular formula is C15H13F4NO. The Balaban J connectivity index is 2.38. The molecule has 0 saturated carbocycles. The molecular weight excluding hydrogens is 286 g/mol. The summed E-state index contributed by atoms with van der Waals surface area (Å²) in [5.74, 6) is -0.833. The van der Waals surface area contributed by atoms with E-state index >= 15 is 0 Å². The normalized spacial score (nSPS) is 14.6. The number of benzene rings is 2. The second-order valence-electron chi connectivity index (χ2n) is 4.79. The maximum absolute atomic E-state index is 13.3. The Kier molecular flexibility index (Phi) is 3.91. The Labute approximate surface area is 119 Å². The number of halogens is 4. The van der Waals surface area contributed by atoms with Crippen LogP contribution in [0.5, 0.6) is 5.75 Å². The molecule has 0 aliphatic carbocycles. The van der Waals surface area contributed by atoms with Crippen LogP contribution in [0.25, 0.3) is 0 Å². The molecule has 6 heteroatoms. The molecule has 2 rings (SSSR count). The minimum atomic E-state index is -4.78. The lowest BCUT2D eigenvalue weighted by atomic mass is 9.85. The molecule has 21 heavy (non-hydrogen) atoms. The van der Waals surface area contributed by atoms with Crippen molar-refractivity contribution in [2.45, 2.75) is 18.8 Å². The van der Waals surface area contributed by atoms with Crippen LogP contribution in [0.15, 0.2) is 48.5 Å². The predicted molar refractivity (Wildman–Crippen MR) is 70.2 cm³/mol. The molecule has 0 spiro atoms. The van der Waals surface area contributed by atoms with E-state index in [1.54, 1.807) is 19.1 Å². The molecule has 1 unspecified atom stereocenters. The lowest BCUT2D eigenvalue weighted by Gasteiger charge is -2.26. The summed E-state index contributed by atoms with van der Waals surface area (Å²) in [6.07, 6.45) is -4.78. The van der Waals surface area contributed by atoms with E-state index in [9.17, 15) is 17.6 Å². The van der Waals surface area contributed by atoms with Gasteiger partial charge in [-0.05, 0) is 42.3 Å². The van der Waals surface area contributed by atoms with Gasteiger partial charge in [-0.1, -0.05) is 24.3 Å². The summed E-state index contributed by atoms with van der Waals surface area (Å²) in [4.78, 5) is 0.